The van der Waals surface area contributed by atoms with Crippen LogP contribution in [0.4, 0.5) is 0 Å². The summed E-state index contributed by atoms with van der Waals surface area (Å²) in [5.41, 5.74) is 0.396. The van der Waals surface area contributed by atoms with Crippen LogP contribution in [0.25, 0.3) is 0 Å². The molecular formula is C15H21NO3. The Bertz CT molecular complexity index is 443. The lowest BCUT2D eigenvalue weighted by molar-refractivity contribution is -0.131. The smallest absolute Gasteiger partial charge is 0.308 e. The van der Waals surface area contributed by atoms with Gasteiger partial charge in [-0.05, 0) is 25.0 Å². The van der Waals surface area contributed by atoms with Crippen molar-refractivity contribution in [1.29, 1.82) is 0 Å². The molecule has 0 spiro atoms. The van der Waals surface area contributed by atoms with Crippen LogP contribution in [0.2, 0.25) is 0 Å². The summed E-state index contributed by atoms with van der Waals surface area (Å²) in [4.78, 5) is 23.2. The van der Waals surface area contributed by atoms with Crippen LogP contribution in [0.3, 0.4) is 0 Å². The first-order chi connectivity index (χ1) is 9.08. The second-order valence-electron chi connectivity index (χ2n) is 4.46. The second-order valence-corrected chi connectivity index (χ2v) is 4.46. The summed E-state index contributed by atoms with van der Waals surface area (Å²) in [5.74, 6) is -0.322. The van der Waals surface area contributed by atoms with Crippen molar-refractivity contribution in [2.75, 3.05) is 0 Å². The van der Waals surface area contributed by atoms with E-state index in [-0.39, 0.29) is 11.9 Å². The van der Waals surface area contributed by atoms with Gasteiger partial charge in [-0.3, -0.25) is 9.59 Å². The first kappa shape index (κ1) is 15.2. The Labute approximate surface area is 114 Å². The molecule has 19 heavy (non-hydrogen) atoms. The average molecular weight is 263 g/mol. The molecule has 1 N–H and O–H groups in total. The standard InChI is InChI=1S/C15H21NO3/c1-4-8-12(5-2)16-15(18)13-9-6-7-10-14(13)19-11(3)17/h6-7,9-10,12H,4-5,8H2,1-3H3,(H,16,18). The number of amides is 1. The van der Waals surface area contributed by atoms with E-state index in [1.807, 2.05) is 6.92 Å². The fourth-order valence-electron chi connectivity index (χ4n) is 1.89. The van der Waals surface area contributed by atoms with Crippen LogP contribution in [0, 0.1) is 0 Å². The molecule has 0 aromatic heterocycles. The summed E-state index contributed by atoms with van der Waals surface area (Å²) in [7, 11) is 0. The third-order valence-corrected chi connectivity index (χ3v) is 2.85. The average Bonchev–Trinajstić information content (AvgIpc) is 2.38. The minimum Gasteiger partial charge on any atom is -0.426 e. The molecule has 0 saturated heterocycles. The van der Waals surface area contributed by atoms with Crippen molar-refractivity contribution in [3.8, 4) is 5.75 Å². The molecule has 1 rings (SSSR count). The Kier molecular flexibility index (Phi) is 6.06. The van der Waals surface area contributed by atoms with E-state index in [1.54, 1.807) is 24.3 Å². The summed E-state index contributed by atoms with van der Waals surface area (Å²) in [6, 6.07) is 6.92. The first-order valence-corrected chi connectivity index (χ1v) is 6.66. The van der Waals surface area contributed by atoms with E-state index >= 15 is 0 Å². The normalized spacial score (nSPS) is 11.7. The molecule has 0 aliphatic heterocycles. The summed E-state index contributed by atoms with van der Waals surface area (Å²) in [6.07, 6.45) is 2.84. The van der Waals surface area contributed by atoms with E-state index < -0.39 is 5.97 Å². The molecule has 0 saturated carbocycles. The number of hydrogen-bond acceptors (Lipinski definition) is 3. The predicted molar refractivity (Wildman–Crippen MR) is 74.2 cm³/mol. The largest absolute Gasteiger partial charge is 0.426 e. The van der Waals surface area contributed by atoms with Crippen LogP contribution in [0.5, 0.6) is 5.75 Å². The van der Waals surface area contributed by atoms with E-state index in [2.05, 4.69) is 12.2 Å². The monoisotopic (exact) mass is 263 g/mol. The Morgan fingerprint density at radius 3 is 2.53 bits per heavy atom. The molecule has 0 aliphatic carbocycles. The lowest BCUT2D eigenvalue weighted by Gasteiger charge is -2.17. The molecule has 0 heterocycles. The van der Waals surface area contributed by atoms with Crippen LogP contribution >= 0.6 is 0 Å². The molecule has 4 heteroatoms. The van der Waals surface area contributed by atoms with Crippen LogP contribution in [-0.4, -0.2) is 17.9 Å². The highest BCUT2D eigenvalue weighted by atomic mass is 16.5. The van der Waals surface area contributed by atoms with Crippen LogP contribution < -0.4 is 10.1 Å². The zero-order valence-corrected chi connectivity index (χ0v) is 11.7. The quantitative estimate of drug-likeness (QED) is 0.634. The highest BCUT2D eigenvalue weighted by Gasteiger charge is 2.16. The fraction of sp³-hybridized carbons (Fsp3) is 0.467. The minimum absolute atomic E-state index is 0.155. The van der Waals surface area contributed by atoms with Crippen molar-refractivity contribution >= 4 is 11.9 Å². The van der Waals surface area contributed by atoms with Gasteiger partial charge in [0, 0.05) is 13.0 Å². The van der Waals surface area contributed by atoms with Gasteiger partial charge in [-0.15, -0.1) is 0 Å². The molecule has 1 aromatic rings. The Hall–Kier alpha value is -1.84. The van der Waals surface area contributed by atoms with Gasteiger partial charge in [0.1, 0.15) is 5.75 Å². The summed E-state index contributed by atoms with van der Waals surface area (Å²) < 4.78 is 5.04. The van der Waals surface area contributed by atoms with E-state index in [0.29, 0.717) is 11.3 Å². The molecule has 1 aromatic carbocycles. The van der Waals surface area contributed by atoms with Gasteiger partial charge in [0.25, 0.3) is 5.91 Å². The minimum atomic E-state index is -0.430. The highest BCUT2D eigenvalue weighted by molar-refractivity contribution is 5.97. The Morgan fingerprint density at radius 2 is 1.95 bits per heavy atom. The zero-order valence-electron chi connectivity index (χ0n) is 11.7. The van der Waals surface area contributed by atoms with Gasteiger partial charge in [0.15, 0.2) is 0 Å². The van der Waals surface area contributed by atoms with Crippen molar-refractivity contribution in [3.63, 3.8) is 0 Å². The zero-order chi connectivity index (χ0) is 14.3. The number of esters is 1. The van der Waals surface area contributed by atoms with Gasteiger partial charge in [-0.25, -0.2) is 0 Å². The number of hydrogen-bond donors (Lipinski definition) is 1. The number of carbonyl (C=O) groups excluding carboxylic acids is 2. The van der Waals surface area contributed by atoms with Gasteiger partial charge in [0.2, 0.25) is 0 Å². The maximum absolute atomic E-state index is 12.2. The van der Waals surface area contributed by atoms with E-state index in [4.69, 9.17) is 4.74 Å². The molecule has 1 amide bonds. The fourth-order valence-corrected chi connectivity index (χ4v) is 1.89. The third-order valence-electron chi connectivity index (χ3n) is 2.85. The molecule has 1 atom stereocenters. The van der Waals surface area contributed by atoms with E-state index in [0.717, 1.165) is 19.3 Å². The lowest BCUT2D eigenvalue weighted by Crippen LogP contribution is -2.34. The van der Waals surface area contributed by atoms with E-state index in [1.165, 1.54) is 6.92 Å². The maximum atomic E-state index is 12.2. The molecule has 0 radical (unpaired) electrons. The maximum Gasteiger partial charge on any atom is 0.308 e. The molecule has 0 bridgehead atoms. The molecule has 104 valence electrons. The number of ether oxygens (including phenoxy) is 1. The SMILES string of the molecule is CCCC(CC)NC(=O)c1ccccc1OC(C)=O. The Morgan fingerprint density at radius 1 is 1.26 bits per heavy atom. The Balaban J connectivity index is 2.83. The van der Waals surface area contributed by atoms with Gasteiger partial charge >= 0.3 is 5.97 Å². The van der Waals surface area contributed by atoms with E-state index in [9.17, 15) is 9.59 Å². The summed E-state index contributed by atoms with van der Waals surface area (Å²) in [5, 5.41) is 2.97. The predicted octanol–water partition coefficient (Wildman–Crippen LogP) is 2.92. The van der Waals surface area contributed by atoms with Crippen LogP contribution in [0.1, 0.15) is 50.4 Å². The molecule has 4 nitrogen and oxygen atoms in total. The molecule has 0 aliphatic rings. The molecule has 0 fully saturated rings. The highest BCUT2D eigenvalue weighted by Crippen LogP contribution is 2.18. The van der Waals surface area contributed by atoms with Crippen molar-refractivity contribution in [1.82, 2.24) is 5.32 Å². The first-order valence-electron chi connectivity index (χ1n) is 6.66. The van der Waals surface area contributed by atoms with Crippen molar-refractivity contribution < 1.29 is 14.3 Å². The van der Waals surface area contributed by atoms with Gasteiger partial charge < -0.3 is 10.1 Å². The number of rotatable bonds is 6. The number of carbonyl (C=O) groups is 2. The number of benzene rings is 1. The number of para-hydroxylation sites is 1. The van der Waals surface area contributed by atoms with Crippen molar-refractivity contribution in [2.24, 2.45) is 0 Å². The topological polar surface area (TPSA) is 55.4 Å². The van der Waals surface area contributed by atoms with Gasteiger partial charge in [-0.2, -0.15) is 0 Å². The van der Waals surface area contributed by atoms with Crippen molar-refractivity contribution in [2.45, 2.75) is 46.1 Å². The lowest BCUT2D eigenvalue weighted by atomic mass is 10.1. The van der Waals surface area contributed by atoms with Crippen LogP contribution in [-0.2, 0) is 4.79 Å². The molecule has 1 unspecified atom stereocenters. The number of nitrogens with one attached hydrogen (secondary N) is 1. The van der Waals surface area contributed by atoms with Gasteiger partial charge in [0.05, 0.1) is 5.56 Å². The molecular weight excluding hydrogens is 242 g/mol. The van der Waals surface area contributed by atoms with Crippen molar-refractivity contribution in [3.05, 3.63) is 29.8 Å². The van der Waals surface area contributed by atoms with Crippen LogP contribution in [0.15, 0.2) is 24.3 Å². The summed E-state index contributed by atoms with van der Waals surface area (Å²) in [6.45, 7) is 5.45. The third kappa shape index (κ3) is 4.73. The van der Waals surface area contributed by atoms with Gasteiger partial charge in [-0.1, -0.05) is 32.4 Å². The second kappa shape index (κ2) is 7.56. The summed E-state index contributed by atoms with van der Waals surface area (Å²) >= 11 is 0.